The van der Waals surface area contributed by atoms with Gasteiger partial charge < -0.3 is 4.74 Å². The number of hydrogen-bond donors (Lipinski definition) is 1. The topological polar surface area (TPSA) is 30.5 Å². The largest absolute Gasteiger partial charge is 0.351 e. The van der Waals surface area contributed by atoms with Crippen molar-refractivity contribution in [2.24, 2.45) is 0 Å². The first-order valence-electron chi connectivity index (χ1n) is 4.31. The van der Waals surface area contributed by atoms with Crippen LogP contribution < -0.4 is 5.48 Å². The van der Waals surface area contributed by atoms with E-state index in [4.69, 9.17) is 9.57 Å². The summed E-state index contributed by atoms with van der Waals surface area (Å²) in [6.45, 7) is 7.60. The lowest BCUT2D eigenvalue weighted by Gasteiger charge is -2.12. The van der Waals surface area contributed by atoms with E-state index in [0.717, 1.165) is 26.0 Å². The molecule has 0 aromatic rings. The van der Waals surface area contributed by atoms with Gasteiger partial charge in [-0.05, 0) is 13.3 Å². The molecule has 3 nitrogen and oxygen atoms in total. The van der Waals surface area contributed by atoms with Crippen molar-refractivity contribution in [3.8, 4) is 0 Å². The highest BCUT2D eigenvalue weighted by atomic mass is 16.8. The van der Waals surface area contributed by atoms with Crippen LogP contribution in [-0.2, 0) is 9.57 Å². The van der Waals surface area contributed by atoms with Crippen molar-refractivity contribution < 1.29 is 9.57 Å². The Hall–Kier alpha value is -0.120. The number of unbranched alkanes of at least 4 members (excludes halogenated alkanes) is 1. The molecule has 11 heavy (non-hydrogen) atoms. The van der Waals surface area contributed by atoms with Crippen molar-refractivity contribution in [3.05, 3.63) is 0 Å². The molecule has 0 radical (unpaired) electrons. The molecule has 1 atom stereocenters. The second kappa shape index (κ2) is 7.98. The van der Waals surface area contributed by atoms with Crippen LogP contribution >= 0.6 is 0 Å². The fourth-order valence-electron chi connectivity index (χ4n) is 0.628. The average molecular weight is 161 g/mol. The van der Waals surface area contributed by atoms with Gasteiger partial charge in [-0.2, -0.15) is 5.48 Å². The fourth-order valence-corrected chi connectivity index (χ4v) is 0.628. The Kier molecular flexibility index (Phi) is 7.89. The summed E-state index contributed by atoms with van der Waals surface area (Å²) in [6, 6.07) is 0. The molecule has 0 saturated heterocycles. The highest BCUT2D eigenvalue weighted by Crippen LogP contribution is 1.94. The second-order valence-electron chi connectivity index (χ2n) is 2.41. The van der Waals surface area contributed by atoms with Gasteiger partial charge in [-0.15, -0.1) is 0 Å². The Labute approximate surface area is 69.0 Å². The Balaban J connectivity index is 3.02. The smallest absolute Gasteiger partial charge is 0.174 e. The molecule has 0 saturated carbocycles. The fraction of sp³-hybridized carbons (Fsp3) is 1.00. The van der Waals surface area contributed by atoms with Crippen molar-refractivity contribution >= 4 is 0 Å². The molecule has 0 fully saturated rings. The van der Waals surface area contributed by atoms with Gasteiger partial charge in [-0.1, -0.05) is 20.3 Å². The van der Waals surface area contributed by atoms with Gasteiger partial charge in [0.2, 0.25) is 0 Å². The van der Waals surface area contributed by atoms with E-state index in [-0.39, 0.29) is 6.29 Å². The van der Waals surface area contributed by atoms with Gasteiger partial charge in [0.25, 0.3) is 0 Å². The van der Waals surface area contributed by atoms with Gasteiger partial charge in [-0.3, -0.25) is 4.84 Å². The normalized spacial score (nSPS) is 13.4. The molecule has 0 heterocycles. The molecule has 0 bridgehead atoms. The summed E-state index contributed by atoms with van der Waals surface area (Å²) in [5, 5.41) is 0. The minimum absolute atomic E-state index is 0.138. The molecule has 0 aliphatic rings. The molecule has 0 aromatic carbocycles. The van der Waals surface area contributed by atoms with E-state index < -0.39 is 0 Å². The van der Waals surface area contributed by atoms with Crippen LogP contribution in [0.1, 0.15) is 33.6 Å². The van der Waals surface area contributed by atoms with Gasteiger partial charge in [-0.25, -0.2) is 0 Å². The number of hydrogen-bond acceptors (Lipinski definition) is 3. The van der Waals surface area contributed by atoms with E-state index in [1.807, 2.05) is 13.8 Å². The van der Waals surface area contributed by atoms with Crippen LogP contribution in [0.25, 0.3) is 0 Å². The van der Waals surface area contributed by atoms with E-state index >= 15 is 0 Å². The summed E-state index contributed by atoms with van der Waals surface area (Å²) in [6.07, 6.45) is 2.12. The Morgan fingerprint density at radius 2 is 2.09 bits per heavy atom. The van der Waals surface area contributed by atoms with E-state index in [2.05, 4.69) is 12.4 Å². The zero-order valence-electron chi connectivity index (χ0n) is 7.72. The first-order valence-corrected chi connectivity index (χ1v) is 4.31. The Bertz CT molecular complexity index is 78.5. The van der Waals surface area contributed by atoms with Gasteiger partial charge in [0, 0.05) is 13.2 Å². The van der Waals surface area contributed by atoms with Gasteiger partial charge in [0.15, 0.2) is 6.29 Å². The lowest BCUT2D eigenvalue weighted by atomic mass is 10.4. The van der Waals surface area contributed by atoms with E-state index in [0.29, 0.717) is 0 Å². The second-order valence-corrected chi connectivity index (χ2v) is 2.41. The maximum Gasteiger partial charge on any atom is 0.174 e. The third-order valence-corrected chi connectivity index (χ3v) is 1.24. The zero-order chi connectivity index (χ0) is 8.53. The van der Waals surface area contributed by atoms with Crippen molar-refractivity contribution in [1.29, 1.82) is 0 Å². The molecule has 0 rings (SSSR count). The number of hydroxylamine groups is 1. The summed E-state index contributed by atoms with van der Waals surface area (Å²) >= 11 is 0. The van der Waals surface area contributed by atoms with Crippen molar-refractivity contribution in [3.63, 3.8) is 0 Å². The first kappa shape index (κ1) is 10.9. The molecule has 3 heteroatoms. The van der Waals surface area contributed by atoms with Crippen LogP contribution in [0.15, 0.2) is 0 Å². The van der Waals surface area contributed by atoms with Crippen molar-refractivity contribution in [2.45, 2.75) is 39.9 Å². The molecule has 0 spiro atoms. The van der Waals surface area contributed by atoms with Crippen LogP contribution in [0.2, 0.25) is 0 Å². The maximum atomic E-state index is 5.30. The quantitative estimate of drug-likeness (QED) is 0.350. The van der Waals surface area contributed by atoms with E-state index in [9.17, 15) is 0 Å². The molecular weight excluding hydrogens is 142 g/mol. The maximum absolute atomic E-state index is 5.30. The summed E-state index contributed by atoms with van der Waals surface area (Å²) in [5.41, 5.74) is 2.75. The highest BCUT2D eigenvalue weighted by molar-refractivity contribution is 4.33. The predicted octanol–water partition coefficient (Wildman–Crippen LogP) is 1.69. The SMILES string of the molecule is CCCCOC(C)ONCC. The van der Waals surface area contributed by atoms with Gasteiger partial charge >= 0.3 is 0 Å². The molecule has 68 valence electrons. The Morgan fingerprint density at radius 3 is 2.64 bits per heavy atom. The number of rotatable bonds is 7. The van der Waals surface area contributed by atoms with Gasteiger partial charge in [0.05, 0.1) is 0 Å². The van der Waals surface area contributed by atoms with Crippen LogP contribution in [0.5, 0.6) is 0 Å². The molecular formula is C8H19NO2. The molecule has 0 aliphatic heterocycles. The average Bonchev–Trinajstić information content (AvgIpc) is 2.01. The van der Waals surface area contributed by atoms with E-state index in [1.165, 1.54) is 0 Å². The molecule has 0 aliphatic carbocycles. The third-order valence-electron chi connectivity index (χ3n) is 1.24. The summed E-state index contributed by atoms with van der Waals surface area (Å²) < 4.78 is 5.30. The minimum atomic E-state index is -0.138. The minimum Gasteiger partial charge on any atom is -0.351 e. The lowest BCUT2D eigenvalue weighted by Crippen LogP contribution is -2.23. The van der Waals surface area contributed by atoms with Crippen LogP contribution in [0.4, 0.5) is 0 Å². The first-order chi connectivity index (χ1) is 5.31. The summed E-state index contributed by atoms with van der Waals surface area (Å²) in [7, 11) is 0. The molecule has 1 N–H and O–H groups in total. The number of nitrogens with one attached hydrogen (secondary N) is 1. The van der Waals surface area contributed by atoms with Crippen LogP contribution in [0.3, 0.4) is 0 Å². The standard InChI is InChI=1S/C8H19NO2/c1-4-6-7-10-8(3)11-9-5-2/h8-9H,4-7H2,1-3H3. The monoisotopic (exact) mass is 161 g/mol. The van der Waals surface area contributed by atoms with Crippen LogP contribution in [-0.4, -0.2) is 19.4 Å². The lowest BCUT2D eigenvalue weighted by molar-refractivity contribution is -0.168. The molecule has 0 amide bonds. The number of ether oxygens (including phenoxy) is 1. The predicted molar refractivity (Wildman–Crippen MR) is 45.1 cm³/mol. The Morgan fingerprint density at radius 1 is 1.36 bits per heavy atom. The zero-order valence-corrected chi connectivity index (χ0v) is 7.72. The van der Waals surface area contributed by atoms with Crippen molar-refractivity contribution in [2.75, 3.05) is 13.2 Å². The summed E-state index contributed by atoms with van der Waals surface area (Å²) in [4.78, 5) is 5.07. The van der Waals surface area contributed by atoms with Gasteiger partial charge in [0.1, 0.15) is 0 Å². The van der Waals surface area contributed by atoms with Crippen LogP contribution in [0, 0.1) is 0 Å². The summed E-state index contributed by atoms with van der Waals surface area (Å²) in [5.74, 6) is 0. The van der Waals surface area contributed by atoms with Crippen molar-refractivity contribution in [1.82, 2.24) is 5.48 Å². The third kappa shape index (κ3) is 7.78. The van der Waals surface area contributed by atoms with E-state index in [1.54, 1.807) is 0 Å². The molecule has 1 unspecified atom stereocenters. The highest BCUT2D eigenvalue weighted by Gasteiger charge is 1.98. The molecule has 0 aromatic heterocycles.